The van der Waals surface area contributed by atoms with E-state index in [4.69, 9.17) is 5.73 Å². The lowest BCUT2D eigenvalue weighted by molar-refractivity contribution is 1.06. The van der Waals surface area contributed by atoms with Crippen molar-refractivity contribution >= 4 is 32.4 Å². The first kappa shape index (κ1) is 12.1. The highest BCUT2D eigenvalue weighted by Gasteiger charge is 2.10. The van der Waals surface area contributed by atoms with Gasteiger partial charge in [0.25, 0.3) is 0 Å². The number of anilines is 2. The topological polar surface area (TPSA) is 42.1 Å². The third-order valence-electron chi connectivity index (χ3n) is 3.10. The van der Waals surface area contributed by atoms with Crippen molar-refractivity contribution < 1.29 is 0 Å². The molecule has 19 heavy (non-hydrogen) atoms. The molecule has 0 radical (unpaired) electrons. The summed E-state index contributed by atoms with van der Waals surface area (Å²) in [7, 11) is 2.04. The second kappa shape index (κ2) is 4.99. The molecule has 3 aromatic rings. The van der Waals surface area contributed by atoms with Crippen LogP contribution in [0.3, 0.4) is 0 Å². The van der Waals surface area contributed by atoms with Crippen LogP contribution in [0.15, 0.2) is 48.5 Å². The van der Waals surface area contributed by atoms with E-state index in [9.17, 15) is 0 Å². The summed E-state index contributed by atoms with van der Waals surface area (Å²) in [6.45, 7) is 0.557. The molecule has 0 atom stereocenters. The Balaban J connectivity index is 2.00. The maximum Gasteiger partial charge on any atom is 0.190 e. The third kappa shape index (κ3) is 2.32. The first-order valence-electron chi connectivity index (χ1n) is 6.16. The number of nitrogens with zero attached hydrogens (tertiary/aromatic N) is 2. The number of hydrogen-bond donors (Lipinski definition) is 1. The molecule has 1 heterocycles. The number of benzene rings is 2. The van der Waals surface area contributed by atoms with Gasteiger partial charge in [0.2, 0.25) is 0 Å². The molecule has 0 aliphatic carbocycles. The monoisotopic (exact) mass is 269 g/mol. The van der Waals surface area contributed by atoms with Crippen molar-refractivity contribution in [1.29, 1.82) is 0 Å². The molecule has 0 saturated heterocycles. The van der Waals surface area contributed by atoms with E-state index < -0.39 is 0 Å². The van der Waals surface area contributed by atoms with Gasteiger partial charge in [0, 0.05) is 19.3 Å². The average molecular weight is 269 g/mol. The summed E-state index contributed by atoms with van der Waals surface area (Å²) < 4.78 is 1.21. The van der Waals surface area contributed by atoms with Gasteiger partial charge in [0.15, 0.2) is 5.13 Å². The fourth-order valence-electron chi connectivity index (χ4n) is 2.01. The van der Waals surface area contributed by atoms with E-state index in [1.165, 1.54) is 4.70 Å². The smallest absolute Gasteiger partial charge is 0.190 e. The Labute approximate surface area is 116 Å². The van der Waals surface area contributed by atoms with Crippen LogP contribution in [0.5, 0.6) is 0 Å². The Morgan fingerprint density at radius 2 is 2.00 bits per heavy atom. The standard InChI is InChI=1S/C15H15N3S/c1-18(12-6-4-5-11(9-12)10-16)15-17-13-7-2-3-8-14(13)19-15/h2-9H,10,16H2,1H3. The van der Waals surface area contributed by atoms with Crippen LogP contribution in [-0.2, 0) is 6.54 Å². The predicted octanol–water partition coefficient (Wildman–Crippen LogP) is 3.52. The SMILES string of the molecule is CN(c1cccc(CN)c1)c1nc2ccccc2s1. The zero-order valence-electron chi connectivity index (χ0n) is 10.7. The molecule has 0 saturated carbocycles. The van der Waals surface area contributed by atoms with Crippen molar-refractivity contribution in [2.45, 2.75) is 6.54 Å². The molecule has 0 spiro atoms. The van der Waals surface area contributed by atoms with Gasteiger partial charge in [-0.2, -0.15) is 0 Å². The summed E-state index contributed by atoms with van der Waals surface area (Å²) in [6, 6.07) is 16.4. The lowest BCUT2D eigenvalue weighted by atomic mass is 10.2. The Morgan fingerprint density at radius 1 is 1.16 bits per heavy atom. The fourth-order valence-corrected chi connectivity index (χ4v) is 2.95. The lowest BCUT2D eigenvalue weighted by Gasteiger charge is -2.16. The molecule has 2 N–H and O–H groups in total. The van der Waals surface area contributed by atoms with E-state index in [2.05, 4.69) is 28.1 Å². The summed E-state index contributed by atoms with van der Waals surface area (Å²) in [5.41, 5.74) is 8.98. The summed E-state index contributed by atoms with van der Waals surface area (Å²) in [5.74, 6) is 0. The van der Waals surface area contributed by atoms with Gasteiger partial charge in [-0.3, -0.25) is 0 Å². The van der Waals surface area contributed by atoms with Gasteiger partial charge in [0.05, 0.1) is 10.2 Å². The van der Waals surface area contributed by atoms with E-state index >= 15 is 0 Å². The normalized spacial score (nSPS) is 10.8. The quantitative estimate of drug-likeness (QED) is 0.791. The van der Waals surface area contributed by atoms with Gasteiger partial charge in [-0.15, -0.1) is 0 Å². The van der Waals surface area contributed by atoms with Gasteiger partial charge in [0.1, 0.15) is 0 Å². The van der Waals surface area contributed by atoms with Crippen LogP contribution >= 0.6 is 11.3 Å². The van der Waals surface area contributed by atoms with Gasteiger partial charge < -0.3 is 10.6 Å². The van der Waals surface area contributed by atoms with E-state index in [0.717, 1.165) is 21.9 Å². The minimum absolute atomic E-state index is 0.557. The molecule has 3 nitrogen and oxygen atoms in total. The van der Waals surface area contributed by atoms with Gasteiger partial charge in [-0.05, 0) is 29.8 Å². The molecule has 4 heteroatoms. The van der Waals surface area contributed by atoms with E-state index in [-0.39, 0.29) is 0 Å². The molecule has 2 aromatic carbocycles. The average Bonchev–Trinajstić information content (AvgIpc) is 2.90. The van der Waals surface area contributed by atoms with Crippen LogP contribution in [-0.4, -0.2) is 12.0 Å². The zero-order chi connectivity index (χ0) is 13.2. The minimum atomic E-state index is 0.557. The molecule has 1 aromatic heterocycles. The van der Waals surface area contributed by atoms with Crippen LogP contribution in [0, 0.1) is 0 Å². The number of aromatic nitrogens is 1. The van der Waals surface area contributed by atoms with Crippen LogP contribution in [0.1, 0.15) is 5.56 Å². The van der Waals surface area contributed by atoms with Crippen LogP contribution in [0.4, 0.5) is 10.8 Å². The van der Waals surface area contributed by atoms with E-state index in [1.54, 1.807) is 11.3 Å². The molecule has 0 fully saturated rings. The first-order valence-corrected chi connectivity index (χ1v) is 6.98. The fraction of sp³-hybridized carbons (Fsp3) is 0.133. The van der Waals surface area contributed by atoms with E-state index in [0.29, 0.717) is 6.54 Å². The molecule has 96 valence electrons. The number of hydrogen-bond acceptors (Lipinski definition) is 4. The Hall–Kier alpha value is -1.91. The summed E-state index contributed by atoms with van der Waals surface area (Å²) in [4.78, 5) is 6.76. The van der Waals surface area contributed by atoms with Crippen molar-refractivity contribution in [1.82, 2.24) is 4.98 Å². The van der Waals surface area contributed by atoms with Crippen molar-refractivity contribution in [2.75, 3.05) is 11.9 Å². The second-order valence-electron chi connectivity index (χ2n) is 4.40. The van der Waals surface area contributed by atoms with Crippen LogP contribution in [0.25, 0.3) is 10.2 Å². The third-order valence-corrected chi connectivity index (χ3v) is 4.22. The number of thiazole rings is 1. The summed E-state index contributed by atoms with van der Waals surface area (Å²) in [6.07, 6.45) is 0. The molecule has 3 rings (SSSR count). The summed E-state index contributed by atoms with van der Waals surface area (Å²) >= 11 is 1.70. The number of nitrogens with two attached hydrogens (primary N) is 1. The molecule has 0 unspecified atom stereocenters. The van der Waals surface area contributed by atoms with Gasteiger partial charge in [-0.25, -0.2) is 4.98 Å². The molecular weight excluding hydrogens is 254 g/mol. The zero-order valence-corrected chi connectivity index (χ0v) is 11.5. The molecule has 0 amide bonds. The summed E-state index contributed by atoms with van der Waals surface area (Å²) in [5, 5.41) is 0.996. The second-order valence-corrected chi connectivity index (χ2v) is 5.41. The minimum Gasteiger partial charge on any atom is -0.326 e. The molecular formula is C15H15N3S. The first-order chi connectivity index (χ1) is 9.28. The van der Waals surface area contributed by atoms with Crippen molar-refractivity contribution in [3.05, 3.63) is 54.1 Å². The predicted molar refractivity (Wildman–Crippen MR) is 82.0 cm³/mol. The maximum absolute atomic E-state index is 5.69. The van der Waals surface area contributed by atoms with Crippen LogP contribution in [0.2, 0.25) is 0 Å². The molecule has 0 aliphatic rings. The lowest BCUT2D eigenvalue weighted by Crippen LogP contribution is -2.09. The molecule has 0 bridgehead atoms. The van der Waals surface area contributed by atoms with Crippen molar-refractivity contribution in [3.63, 3.8) is 0 Å². The Bertz CT molecular complexity index is 672. The maximum atomic E-state index is 5.69. The van der Waals surface area contributed by atoms with Crippen LogP contribution < -0.4 is 10.6 Å². The Kier molecular flexibility index (Phi) is 3.19. The molecule has 0 aliphatic heterocycles. The highest BCUT2D eigenvalue weighted by Crippen LogP contribution is 2.32. The van der Waals surface area contributed by atoms with Crippen molar-refractivity contribution in [2.24, 2.45) is 5.73 Å². The van der Waals surface area contributed by atoms with Gasteiger partial charge in [-0.1, -0.05) is 35.6 Å². The van der Waals surface area contributed by atoms with Crippen molar-refractivity contribution in [3.8, 4) is 0 Å². The number of para-hydroxylation sites is 1. The number of fused-ring (bicyclic) bond motifs is 1. The van der Waals surface area contributed by atoms with Gasteiger partial charge >= 0.3 is 0 Å². The Morgan fingerprint density at radius 3 is 2.79 bits per heavy atom. The highest BCUT2D eigenvalue weighted by atomic mass is 32.1. The largest absolute Gasteiger partial charge is 0.326 e. The van der Waals surface area contributed by atoms with E-state index in [1.807, 2.05) is 37.4 Å². The number of rotatable bonds is 3. The highest BCUT2D eigenvalue weighted by molar-refractivity contribution is 7.22.